The number of carbonyl (C=O) groups is 2. The van der Waals surface area contributed by atoms with Gasteiger partial charge in [-0.05, 0) is 42.5 Å². The highest BCUT2D eigenvalue weighted by Gasteiger charge is 2.32. The van der Waals surface area contributed by atoms with Crippen molar-refractivity contribution in [1.29, 1.82) is 0 Å². The van der Waals surface area contributed by atoms with E-state index in [0.29, 0.717) is 18.7 Å². The molecule has 0 bridgehead atoms. The molecule has 1 atom stereocenters. The third-order valence-electron chi connectivity index (χ3n) is 6.86. The molecule has 0 spiro atoms. The molecule has 1 aliphatic rings. The highest BCUT2D eigenvalue weighted by Crippen LogP contribution is 2.21. The van der Waals surface area contributed by atoms with Crippen LogP contribution in [0.2, 0.25) is 0 Å². The Morgan fingerprint density at radius 2 is 1.47 bits per heavy atom. The van der Waals surface area contributed by atoms with Crippen molar-refractivity contribution in [2.45, 2.75) is 64.1 Å². The zero-order chi connectivity index (χ0) is 25.2. The summed E-state index contributed by atoms with van der Waals surface area (Å²) in [5, 5.41) is 3.27. The summed E-state index contributed by atoms with van der Waals surface area (Å²) in [7, 11) is 0. The Labute approximate surface area is 214 Å². The lowest BCUT2D eigenvalue weighted by atomic mass is 9.94. The fourth-order valence-electron chi connectivity index (χ4n) is 4.82. The van der Waals surface area contributed by atoms with Crippen LogP contribution in [0.3, 0.4) is 0 Å². The van der Waals surface area contributed by atoms with Crippen LogP contribution in [0.5, 0.6) is 5.75 Å². The Morgan fingerprint density at radius 3 is 2.14 bits per heavy atom. The SMILES string of the molecule is Cc1ccccc1OCC(=O)N(Cc1ccccc1)C(Cc1ccccc1)C(=O)NC1CCCCC1. The van der Waals surface area contributed by atoms with E-state index < -0.39 is 6.04 Å². The first-order valence-corrected chi connectivity index (χ1v) is 13.0. The zero-order valence-electron chi connectivity index (χ0n) is 21.1. The van der Waals surface area contributed by atoms with Gasteiger partial charge in [0.1, 0.15) is 11.8 Å². The molecule has 36 heavy (non-hydrogen) atoms. The lowest BCUT2D eigenvalue weighted by Crippen LogP contribution is -2.53. The third kappa shape index (κ3) is 7.20. The molecule has 5 nitrogen and oxygen atoms in total. The molecule has 0 saturated heterocycles. The number of aryl methyl sites for hydroxylation is 1. The number of nitrogens with zero attached hydrogens (tertiary/aromatic N) is 1. The number of ether oxygens (including phenoxy) is 1. The van der Waals surface area contributed by atoms with Gasteiger partial charge in [-0.3, -0.25) is 9.59 Å². The van der Waals surface area contributed by atoms with E-state index in [-0.39, 0.29) is 24.5 Å². The normalized spacial score (nSPS) is 14.6. The van der Waals surface area contributed by atoms with Crippen molar-refractivity contribution in [2.75, 3.05) is 6.61 Å². The smallest absolute Gasteiger partial charge is 0.261 e. The number of carbonyl (C=O) groups excluding carboxylic acids is 2. The molecule has 1 N–H and O–H groups in total. The van der Waals surface area contributed by atoms with Gasteiger partial charge in [-0.1, -0.05) is 98.1 Å². The van der Waals surface area contributed by atoms with Crippen molar-refractivity contribution in [3.63, 3.8) is 0 Å². The van der Waals surface area contributed by atoms with E-state index in [1.807, 2.05) is 91.9 Å². The summed E-state index contributed by atoms with van der Waals surface area (Å²) in [6.45, 7) is 2.17. The number of amides is 2. The molecule has 0 aliphatic heterocycles. The number of benzene rings is 3. The monoisotopic (exact) mass is 484 g/mol. The molecular formula is C31H36N2O3. The maximum atomic E-state index is 13.7. The van der Waals surface area contributed by atoms with E-state index >= 15 is 0 Å². The van der Waals surface area contributed by atoms with Crippen LogP contribution in [0, 0.1) is 6.92 Å². The Bertz CT molecular complexity index is 1110. The summed E-state index contributed by atoms with van der Waals surface area (Å²) in [6.07, 6.45) is 5.91. The average Bonchev–Trinajstić information content (AvgIpc) is 2.91. The molecule has 2 amide bonds. The number of hydrogen-bond donors (Lipinski definition) is 1. The van der Waals surface area contributed by atoms with E-state index in [1.165, 1.54) is 6.42 Å². The lowest BCUT2D eigenvalue weighted by Gasteiger charge is -2.33. The number of para-hydroxylation sites is 1. The fraction of sp³-hybridized carbons (Fsp3) is 0.355. The molecule has 3 aromatic rings. The Kier molecular flexibility index (Phi) is 9.15. The van der Waals surface area contributed by atoms with E-state index in [1.54, 1.807) is 4.90 Å². The minimum atomic E-state index is -0.637. The first-order valence-electron chi connectivity index (χ1n) is 13.0. The summed E-state index contributed by atoms with van der Waals surface area (Å²) in [5.41, 5.74) is 2.97. The highest BCUT2D eigenvalue weighted by atomic mass is 16.5. The third-order valence-corrected chi connectivity index (χ3v) is 6.86. The van der Waals surface area contributed by atoms with Crippen LogP contribution in [0.25, 0.3) is 0 Å². The van der Waals surface area contributed by atoms with Crippen molar-refractivity contribution in [1.82, 2.24) is 10.2 Å². The van der Waals surface area contributed by atoms with Gasteiger partial charge >= 0.3 is 0 Å². The highest BCUT2D eigenvalue weighted by molar-refractivity contribution is 5.88. The number of hydrogen-bond acceptors (Lipinski definition) is 3. The van der Waals surface area contributed by atoms with E-state index in [2.05, 4.69) is 5.32 Å². The first-order chi connectivity index (χ1) is 17.6. The molecule has 0 aromatic heterocycles. The van der Waals surface area contributed by atoms with Gasteiger partial charge in [0.15, 0.2) is 6.61 Å². The Hall–Kier alpha value is -3.60. The quantitative estimate of drug-likeness (QED) is 0.416. The first kappa shape index (κ1) is 25.5. The number of rotatable bonds is 10. The molecule has 1 unspecified atom stereocenters. The minimum absolute atomic E-state index is 0.0917. The summed E-state index contributed by atoms with van der Waals surface area (Å²) >= 11 is 0. The topological polar surface area (TPSA) is 58.6 Å². The molecule has 4 rings (SSSR count). The van der Waals surface area contributed by atoms with Gasteiger partial charge in [0.2, 0.25) is 5.91 Å². The fourth-order valence-corrected chi connectivity index (χ4v) is 4.82. The van der Waals surface area contributed by atoms with Crippen LogP contribution in [-0.4, -0.2) is 35.4 Å². The second-order valence-electron chi connectivity index (χ2n) is 9.61. The summed E-state index contributed by atoms with van der Waals surface area (Å²) in [6, 6.07) is 26.9. The van der Waals surface area contributed by atoms with Crippen molar-refractivity contribution in [2.24, 2.45) is 0 Å². The van der Waals surface area contributed by atoms with E-state index in [4.69, 9.17) is 4.74 Å². The van der Waals surface area contributed by atoms with Crippen molar-refractivity contribution >= 4 is 11.8 Å². The Morgan fingerprint density at radius 1 is 0.861 bits per heavy atom. The lowest BCUT2D eigenvalue weighted by molar-refractivity contribution is -0.143. The van der Waals surface area contributed by atoms with Gasteiger partial charge in [-0.25, -0.2) is 0 Å². The van der Waals surface area contributed by atoms with Crippen molar-refractivity contribution < 1.29 is 14.3 Å². The zero-order valence-corrected chi connectivity index (χ0v) is 21.1. The van der Waals surface area contributed by atoms with Gasteiger partial charge in [0.05, 0.1) is 0 Å². The van der Waals surface area contributed by atoms with Crippen LogP contribution in [0.4, 0.5) is 0 Å². The molecule has 3 aromatic carbocycles. The summed E-state index contributed by atoms with van der Waals surface area (Å²) < 4.78 is 5.92. The molecule has 1 fully saturated rings. The predicted molar refractivity (Wildman–Crippen MR) is 143 cm³/mol. The maximum Gasteiger partial charge on any atom is 0.261 e. The van der Waals surface area contributed by atoms with Crippen molar-refractivity contribution in [3.8, 4) is 5.75 Å². The maximum absolute atomic E-state index is 13.7. The van der Waals surface area contributed by atoms with Gasteiger partial charge in [-0.2, -0.15) is 0 Å². The molecular weight excluding hydrogens is 448 g/mol. The predicted octanol–water partition coefficient (Wildman–Crippen LogP) is 5.46. The molecule has 1 saturated carbocycles. The minimum Gasteiger partial charge on any atom is -0.484 e. The standard InChI is InChI=1S/C31H36N2O3/c1-24-13-11-12-20-29(24)36-23-30(34)33(22-26-16-7-3-8-17-26)28(21-25-14-5-2-6-15-25)31(35)32-27-18-9-4-10-19-27/h2-3,5-8,11-17,20,27-28H,4,9-10,18-19,21-23H2,1H3,(H,32,35). The summed E-state index contributed by atoms with van der Waals surface area (Å²) in [5.74, 6) is 0.379. The van der Waals surface area contributed by atoms with Crippen LogP contribution in [-0.2, 0) is 22.6 Å². The van der Waals surface area contributed by atoms with Gasteiger partial charge in [0, 0.05) is 19.0 Å². The van der Waals surface area contributed by atoms with E-state index in [9.17, 15) is 9.59 Å². The van der Waals surface area contributed by atoms with Gasteiger partial charge in [-0.15, -0.1) is 0 Å². The molecule has 1 aliphatic carbocycles. The van der Waals surface area contributed by atoms with Crippen LogP contribution in [0.1, 0.15) is 48.8 Å². The molecule has 0 radical (unpaired) electrons. The second-order valence-corrected chi connectivity index (χ2v) is 9.61. The van der Waals surface area contributed by atoms with Crippen LogP contribution < -0.4 is 10.1 Å². The second kappa shape index (κ2) is 12.9. The van der Waals surface area contributed by atoms with E-state index in [0.717, 1.165) is 42.4 Å². The summed E-state index contributed by atoms with van der Waals surface area (Å²) in [4.78, 5) is 29.1. The number of nitrogens with one attached hydrogen (secondary N) is 1. The van der Waals surface area contributed by atoms with Crippen LogP contribution >= 0.6 is 0 Å². The van der Waals surface area contributed by atoms with Crippen molar-refractivity contribution in [3.05, 3.63) is 102 Å². The van der Waals surface area contributed by atoms with Gasteiger partial charge < -0.3 is 15.0 Å². The molecule has 5 heteroatoms. The van der Waals surface area contributed by atoms with Crippen LogP contribution in [0.15, 0.2) is 84.9 Å². The largest absolute Gasteiger partial charge is 0.484 e. The average molecular weight is 485 g/mol. The molecule has 0 heterocycles. The Balaban J connectivity index is 1.59. The molecule has 188 valence electrons. The van der Waals surface area contributed by atoms with Gasteiger partial charge in [0.25, 0.3) is 5.91 Å².